The molecule has 0 atom stereocenters. The molecular weight excluding hydrogens is 180 g/mol. The van der Waals surface area contributed by atoms with E-state index in [2.05, 4.69) is 36.5 Å². The lowest BCUT2D eigenvalue weighted by Crippen LogP contribution is -2.37. The van der Waals surface area contributed by atoms with Gasteiger partial charge in [0.25, 0.3) is 0 Å². The van der Waals surface area contributed by atoms with E-state index in [0.29, 0.717) is 0 Å². The zero-order valence-electron chi connectivity index (χ0n) is 8.85. The van der Waals surface area contributed by atoms with Crippen molar-refractivity contribution in [3.63, 3.8) is 0 Å². The van der Waals surface area contributed by atoms with Gasteiger partial charge in [0.2, 0.25) is 0 Å². The molecule has 0 unspecified atom stereocenters. The predicted molar refractivity (Wildman–Crippen MR) is 58.3 cm³/mol. The van der Waals surface area contributed by atoms with Crippen LogP contribution in [0, 0.1) is 6.92 Å². The highest BCUT2D eigenvalue weighted by Crippen LogP contribution is 2.09. The van der Waals surface area contributed by atoms with Gasteiger partial charge in [0.1, 0.15) is 0 Å². The van der Waals surface area contributed by atoms with Crippen molar-refractivity contribution in [2.45, 2.75) is 39.7 Å². The molecule has 0 amide bonds. The van der Waals surface area contributed by atoms with Gasteiger partial charge < -0.3 is 5.32 Å². The summed E-state index contributed by atoms with van der Waals surface area (Å²) in [6.07, 6.45) is 1.04. The predicted octanol–water partition coefficient (Wildman–Crippen LogP) is 2.38. The normalized spacial score (nSPS) is 12.0. The van der Waals surface area contributed by atoms with Gasteiger partial charge in [0.15, 0.2) is 0 Å². The maximum absolute atomic E-state index is 4.41. The van der Waals surface area contributed by atoms with Crippen molar-refractivity contribution in [1.82, 2.24) is 10.3 Å². The molecule has 1 heterocycles. The quantitative estimate of drug-likeness (QED) is 0.806. The first kappa shape index (κ1) is 10.7. The first-order valence-electron chi connectivity index (χ1n) is 4.63. The van der Waals surface area contributed by atoms with Crippen LogP contribution >= 0.6 is 11.3 Å². The Morgan fingerprint density at radius 2 is 2.15 bits per heavy atom. The molecule has 3 heteroatoms. The summed E-state index contributed by atoms with van der Waals surface area (Å²) in [6.45, 7) is 9.59. The molecule has 2 nitrogen and oxygen atoms in total. The number of thiazole rings is 1. The molecule has 13 heavy (non-hydrogen) atoms. The van der Waals surface area contributed by atoms with Gasteiger partial charge >= 0.3 is 0 Å². The van der Waals surface area contributed by atoms with Crippen molar-refractivity contribution >= 4 is 11.3 Å². The summed E-state index contributed by atoms with van der Waals surface area (Å²) in [5.41, 5.74) is 1.35. The van der Waals surface area contributed by atoms with Crippen LogP contribution in [-0.4, -0.2) is 17.1 Å². The molecule has 74 valence electrons. The highest BCUT2D eigenvalue weighted by Gasteiger charge is 2.08. The summed E-state index contributed by atoms with van der Waals surface area (Å²) in [7, 11) is 0. The van der Waals surface area contributed by atoms with Gasteiger partial charge in [-0.25, -0.2) is 4.98 Å². The van der Waals surface area contributed by atoms with Gasteiger partial charge in [0.05, 0.1) is 5.01 Å². The molecule has 0 fully saturated rings. The van der Waals surface area contributed by atoms with E-state index in [1.807, 2.05) is 6.92 Å². The van der Waals surface area contributed by atoms with Gasteiger partial charge in [-0.05, 0) is 27.7 Å². The summed E-state index contributed by atoms with van der Waals surface area (Å²) in [5, 5.41) is 6.78. The molecule has 0 aliphatic carbocycles. The molecule has 0 aliphatic rings. The fraction of sp³-hybridized carbons (Fsp3) is 0.700. The monoisotopic (exact) mass is 198 g/mol. The van der Waals surface area contributed by atoms with Crippen molar-refractivity contribution in [3.8, 4) is 0 Å². The minimum Gasteiger partial charge on any atom is -0.312 e. The van der Waals surface area contributed by atoms with Crippen LogP contribution in [0.3, 0.4) is 0 Å². The molecule has 1 aromatic heterocycles. The van der Waals surface area contributed by atoms with Crippen molar-refractivity contribution in [2.75, 3.05) is 6.54 Å². The van der Waals surface area contributed by atoms with E-state index in [4.69, 9.17) is 0 Å². The third-order valence-corrected chi connectivity index (χ3v) is 2.69. The van der Waals surface area contributed by atoms with Crippen LogP contribution in [0.15, 0.2) is 5.38 Å². The van der Waals surface area contributed by atoms with E-state index < -0.39 is 0 Å². The number of hydrogen-bond acceptors (Lipinski definition) is 3. The maximum atomic E-state index is 4.41. The summed E-state index contributed by atoms with van der Waals surface area (Å²) in [6, 6.07) is 0. The highest BCUT2D eigenvalue weighted by molar-refractivity contribution is 7.09. The molecule has 0 aliphatic heterocycles. The van der Waals surface area contributed by atoms with Crippen LogP contribution in [0.1, 0.15) is 31.5 Å². The Morgan fingerprint density at radius 3 is 2.62 bits per heavy atom. The lowest BCUT2D eigenvalue weighted by atomic mass is 10.1. The Morgan fingerprint density at radius 1 is 1.46 bits per heavy atom. The molecule has 0 aromatic carbocycles. The average molecular weight is 198 g/mol. The molecule has 1 rings (SSSR count). The van der Waals surface area contributed by atoms with E-state index in [9.17, 15) is 0 Å². The molecule has 0 saturated heterocycles. The third-order valence-electron chi connectivity index (χ3n) is 1.66. The van der Waals surface area contributed by atoms with Crippen molar-refractivity contribution in [3.05, 3.63) is 16.1 Å². The van der Waals surface area contributed by atoms with Crippen LogP contribution in [0.5, 0.6) is 0 Å². The fourth-order valence-corrected chi connectivity index (χ4v) is 1.84. The summed E-state index contributed by atoms with van der Waals surface area (Å²) in [5.74, 6) is 0. The van der Waals surface area contributed by atoms with Gasteiger partial charge in [-0.15, -0.1) is 11.3 Å². The summed E-state index contributed by atoms with van der Waals surface area (Å²) >= 11 is 1.75. The molecule has 0 bridgehead atoms. The van der Waals surface area contributed by atoms with E-state index in [1.54, 1.807) is 11.3 Å². The van der Waals surface area contributed by atoms with Crippen LogP contribution in [0.25, 0.3) is 0 Å². The van der Waals surface area contributed by atoms with Crippen LogP contribution < -0.4 is 5.32 Å². The van der Waals surface area contributed by atoms with Crippen molar-refractivity contribution in [2.24, 2.45) is 0 Å². The maximum Gasteiger partial charge on any atom is 0.0940 e. The van der Waals surface area contributed by atoms with Crippen molar-refractivity contribution < 1.29 is 0 Å². The average Bonchev–Trinajstić information content (AvgIpc) is 2.33. The van der Waals surface area contributed by atoms with E-state index in [-0.39, 0.29) is 5.54 Å². The Hall–Kier alpha value is -0.410. The third kappa shape index (κ3) is 4.39. The number of nitrogens with one attached hydrogen (secondary N) is 1. The molecule has 0 saturated carbocycles. The number of hydrogen-bond donors (Lipinski definition) is 1. The van der Waals surface area contributed by atoms with Crippen LogP contribution in [0.4, 0.5) is 0 Å². The largest absolute Gasteiger partial charge is 0.312 e. The second-order valence-corrected chi connectivity index (χ2v) is 5.25. The molecule has 1 aromatic rings. The number of rotatable bonds is 3. The Balaban J connectivity index is 2.28. The van der Waals surface area contributed by atoms with E-state index in [0.717, 1.165) is 18.7 Å². The lowest BCUT2D eigenvalue weighted by molar-refractivity contribution is 0.429. The minimum absolute atomic E-state index is 0.215. The highest BCUT2D eigenvalue weighted by atomic mass is 32.1. The zero-order valence-corrected chi connectivity index (χ0v) is 9.66. The molecule has 0 spiro atoms. The number of aromatic nitrogens is 1. The van der Waals surface area contributed by atoms with Gasteiger partial charge in [-0.3, -0.25) is 0 Å². The Labute approximate surface area is 84.4 Å². The van der Waals surface area contributed by atoms with Crippen LogP contribution in [-0.2, 0) is 6.42 Å². The van der Waals surface area contributed by atoms with Gasteiger partial charge in [-0.1, -0.05) is 0 Å². The smallest absolute Gasteiger partial charge is 0.0940 e. The minimum atomic E-state index is 0.215. The lowest BCUT2D eigenvalue weighted by Gasteiger charge is -2.19. The first-order valence-corrected chi connectivity index (χ1v) is 5.51. The van der Waals surface area contributed by atoms with Gasteiger partial charge in [0, 0.05) is 29.6 Å². The molecule has 1 N–H and O–H groups in total. The van der Waals surface area contributed by atoms with Crippen LogP contribution in [0.2, 0.25) is 0 Å². The number of aryl methyl sites for hydroxylation is 1. The first-order chi connectivity index (χ1) is 5.97. The molecular formula is C10H18N2S. The zero-order chi connectivity index (χ0) is 9.90. The second kappa shape index (κ2) is 4.20. The topological polar surface area (TPSA) is 24.9 Å². The summed E-state index contributed by atoms with van der Waals surface area (Å²) < 4.78 is 0. The van der Waals surface area contributed by atoms with E-state index in [1.165, 1.54) is 5.01 Å². The van der Waals surface area contributed by atoms with Crippen molar-refractivity contribution in [1.29, 1.82) is 0 Å². The molecule has 0 radical (unpaired) electrons. The Bertz CT molecular complexity index is 260. The standard InChI is InChI=1S/C10H18N2S/c1-8-7-13-9(12-8)5-6-11-10(2,3)4/h7,11H,5-6H2,1-4H3. The second-order valence-electron chi connectivity index (χ2n) is 4.31. The fourth-order valence-electron chi connectivity index (χ4n) is 1.06. The van der Waals surface area contributed by atoms with Gasteiger partial charge in [-0.2, -0.15) is 0 Å². The Kier molecular flexibility index (Phi) is 3.45. The number of nitrogens with zero attached hydrogens (tertiary/aromatic N) is 1. The SMILES string of the molecule is Cc1csc(CCNC(C)(C)C)n1. The van der Waals surface area contributed by atoms with E-state index >= 15 is 0 Å². The summed E-state index contributed by atoms with van der Waals surface area (Å²) in [4.78, 5) is 4.41.